The minimum absolute atomic E-state index is 0.170. The molecule has 1 aromatic rings. The molecule has 0 aliphatic rings. The molecule has 0 amide bonds. The van der Waals surface area contributed by atoms with E-state index in [0.29, 0.717) is 0 Å². The van der Waals surface area contributed by atoms with Crippen molar-refractivity contribution in [3.8, 4) is 0 Å². The third kappa shape index (κ3) is 4.44. The number of aliphatic hydroxyl groups is 1. The smallest absolute Gasteiger partial charge is 0.0549 e. The lowest BCUT2D eigenvalue weighted by molar-refractivity contribution is 0.159. The molecule has 0 saturated carbocycles. The monoisotopic (exact) mass is 211 g/mol. The van der Waals surface area contributed by atoms with E-state index in [9.17, 15) is 5.11 Å². The van der Waals surface area contributed by atoms with E-state index in [1.54, 1.807) is 0 Å². The van der Waals surface area contributed by atoms with E-state index in [-0.39, 0.29) is 6.10 Å². The van der Waals surface area contributed by atoms with Gasteiger partial charge in [0.05, 0.1) is 12.3 Å². The zero-order chi connectivity index (χ0) is 11.1. The topological polar surface area (TPSA) is 50.1 Å². The maximum absolute atomic E-state index is 9.34. The lowest BCUT2D eigenvalue weighted by Crippen LogP contribution is -2.19. The third-order valence-electron chi connectivity index (χ3n) is 2.47. The van der Waals surface area contributed by atoms with Crippen LogP contribution in [0.1, 0.15) is 32.3 Å². The van der Waals surface area contributed by atoms with Crippen molar-refractivity contribution in [1.29, 1.82) is 0 Å². The van der Waals surface area contributed by atoms with Gasteiger partial charge in [0.2, 0.25) is 0 Å². The molecule has 1 heterocycles. The van der Waals surface area contributed by atoms with Gasteiger partial charge in [0.1, 0.15) is 0 Å². The Balaban J connectivity index is 2.14. The van der Waals surface area contributed by atoms with Gasteiger partial charge in [-0.05, 0) is 26.3 Å². The highest BCUT2D eigenvalue weighted by Crippen LogP contribution is 1.98. The van der Waals surface area contributed by atoms with Crippen LogP contribution in [0.5, 0.6) is 0 Å². The number of hydrogen-bond donors (Lipinski definition) is 2. The summed E-state index contributed by atoms with van der Waals surface area (Å²) in [6, 6.07) is 0. The minimum Gasteiger partial charge on any atom is -0.393 e. The minimum atomic E-state index is -0.170. The zero-order valence-corrected chi connectivity index (χ0v) is 9.61. The first-order valence-electron chi connectivity index (χ1n) is 5.66. The highest BCUT2D eigenvalue weighted by atomic mass is 16.3. The summed E-state index contributed by atoms with van der Waals surface area (Å²) in [5.74, 6) is 0. The highest BCUT2D eigenvalue weighted by Gasteiger charge is 2.00. The van der Waals surface area contributed by atoms with Crippen LogP contribution in [0.4, 0.5) is 0 Å². The van der Waals surface area contributed by atoms with E-state index >= 15 is 0 Å². The quantitative estimate of drug-likeness (QED) is 0.665. The van der Waals surface area contributed by atoms with Gasteiger partial charge < -0.3 is 10.4 Å². The maximum atomic E-state index is 9.34. The Labute approximate surface area is 91.3 Å². The van der Waals surface area contributed by atoms with Crippen LogP contribution in [0.15, 0.2) is 12.4 Å². The van der Waals surface area contributed by atoms with Crippen LogP contribution in [0.3, 0.4) is 0 Å². The average Bonchev–Trinajstić information content (AvgIpc) is 2.72. The molecule has 2 N–H and O–H groups in total. The van der Waals surface area contributed by atoms with Crippen LogP contribution in [0.25, 0.3) is 0 Å². The van der Waals surface area contributed by atoms with Gasteiger partial charge in [-0.15, -0.1) is 0 Å². The number of hydrogen-bond acceptors (Lipinski definition) is 3. The summed E-state index contributed by atoms with van der Waals surface area (Å²) in [5.41, 5.74) is 1.20. The van der Waals surface area contributed by atoms with Crippen molar-refractivity contribution in [1.82, 2.24) is 15.1 Å². The number of aliphatic hydroxyl groups excluding tert-OH is 1. The first-order chi connectivity index (χ1) is 7.26. The molecule has 0 radical (unpaired) electrons. The molecule has 1 aromatic heterocycles. The molecule has 0 saturated heterocycles. The van der Waals surface area contributed by atoms with Crippen molar-refractivity contribution in [2.24, 2.45) is 0 Å². The molecule has 0 bridgehead atoms. The summed E-state index contributed by atoms with van der Waals surface area (Å²) < 4.78 is 1.91. The maximum Gasteiger partial charge on any atom is 0.0549 e. The normalized spacial score (nSPS) is 13.0. The van der Waals surface area contributed by atoms with Gasteiger partial charge in [-0.2, -0.15) is 5.10 Å². The zero-order valence-electron chi connectivity index (χ0n) is 9.61. The molecule has 0 aliphatic carbocycles. The van der Waals surface area contributed by atoms with E-state index < -0.39 is 0 Å². The predicted octanol–water partition coefficient (Wildman–Crippen LogP) is 1.15. The molecule has 4 nitrogen and oxygen atoms in total. The number of rotatable bonds is 7. The summed E-state index contributed by atoms with van der Waals surface area (Å²) in [7, 11) is 0. The second-order valence-corrected chi connectivity index (χ2v) is 3.73. The molecule has 1 unspecified atom stereocenters. The standard InChI is InChI=1S/C11H21N3O/c1-3-11(15)5-6-12-7-10-8-13-14(4-2)9-10/h8-9,11-12,15H,3-7H2,1-2H3. The van der Waals surface area contributed by atoms with Crippen LogP contribution >= 0.6 is 0 Å². The van der Waals surface area contributed by atoms with E-state index in [4.69, 9.17) is 0 Å². The summed E-state index contributed by atoms with van der Waals surface area (Å²) in [6.45, 7) is 6.66. The van der Waals surface area contributed by atoms with Gasteiger partial charge >= 0.3 is 0 Å². The van der Waals surface area contributed by atoms with Crippen molar-refractivity contribution in [2.45, 2.75) is 45.9 Å². The fraction of sp³-hybridized carbons (Fsp3) is 0.727. The number of nitrogens with one attached hydrogen (secondary N) is 1. The van der Waals surface area contributed by atoms with E-state index in [1.165, 1.54) is 5.56 Å². The second-order valence-electron chi connectivity index (χ2n) is 3.73. The van der Waals surface area contributed by atoms with Gasteiger partial charge in [0.25, 0.3) is 0 Å². The van der Waals surface area contributed by atoms with E-state index in [0.717, 1.165) is 32.5 Å². The molecule has 0 aliphatic heterocycles. The van der Waals surface area contributed by atoms with Gasteiger partial charge in [-0.3, -0.25) is 4.68 Å². The summed E-state index contributed by atoms with van der Waals surface area (Å²) in [5, 5.41) is 16.8. The lowest BCUT2D eigenvalue weighted by Gasteiger charge is -2.07. The Bertz CT molecular complexity index is 273. The highest BCUT2D eigenvalue weighted by molar-refractivity contribution is 5.02. The van der Waals surface area contributed by atoms with Crippen molar-refractivity contribution < 1.29 is 5.11 Å². The van der Waals surface area contributed by atoms with Crippen molar-refractivity contribution in [3.63, 3.8) is 0 Å². The van der Waals surface area contributed by atoms with Crippen molar-refractivity contribution in [3.05, 3.63) is 18.0 Å². The molecular weight excluding hydrogens is 190 g/mol. The number of aryl methyl sites for hydroxylation is 1. The molecule has 86 valence electrons. The fourth-order valence-electron chi connectivity index (χ4n) is 1.38. The van der Waals surface area contributed by atoms with Gasteiger partial charge in [0.15, 0.2) is 0 Å². The summed E-state index contributed by atoms with van der Waals surface area (Å²) in [6.07, 6.45) is 5.40. The average molecular weight is 211 g/mol. The molecule has 4 heteroatoms. The van der Waals surface area contributed by atoms with Gasteiger partial charge in [0, 0.05) is 24.8 Å². The van der Waals surface area contributed by atoms with Gasteiger partial charge in [-0.1, -0.05) is 6.92 Å². The summed E-state index contributed by atoms with van der Waals surface area (Å²) >= 11 is 0. The number of nitrogens with zero attached hydrogens (tertiary/aromatic N) is 2. The predicted molar refractivity (Wildman–Crippen MR) is 60.5 cm³/mol. The molecule has 15 heavy (non-hydrogen) atoms. The lowest BCUT2D eigenvalue weighted by atomic mass is 10.2. The molecule has 0 fully saturated rings. The molecule has 1 rings (SSSR count). The largest absolute Gasteiger partial charge is 0.393 e. The Kier molecular flexibility index (Phi) is 5.36. The first kappa shape index (κ1) is 12.2. The second kappa shape index (κ2) is 6.58. The Hall–Kier alpha value is -0.870. The van der Waals surface area contributed by atoms with Crippen LogP contribution in [-0.4, -0.2) is 27.5 Å². The summed E-state index contributed by atoms with van der Waals surface area (Å²) in [4.78, 5) is 0. The van der Waals surface area contributed by atoms with E-state index in [1.807, 2.05) is 24.0 Å². The molecular formula is C11H21N3O. The third-order valence-corrected chi connectivity index (χ3v) is 2.47. The van der Waals surface area contributed by atoms with Gasteiger partial charge in [-0.25, -0.2) is 0 Å². The van der Waals surface area contributed by atoms with Crippen LogP contribution < -0.4 is 5.32 Å². The Morgan fingerprint density at radius 1 is 1.53 bits per heavy atom. The Morgan fingerprint density at radius 3 is 2.93 bits per heavy atom. The molecule has 1 atom stereocenters. The van der Waals surface area contributed by atoms with Crippen molar-refractivity contribution in [2.75, 3.05) is 6.54 Å². The molecule has 0 spiro atoms. The van der Waals surface area contributed by atoms with Crippen LogP contribution in [0, 0.1) is 0 Å². The van der Waals surface area contributed by atoms with Crippen molar-refractivity contribution >= 4 is 0 Å². The Morgan fingerprint density at radius 2 is 2.33 bits per heavy atom. The first-order valence-corrected chi connectivity index (χ1v) is 5.66. The van der Waals surface area contributed by atoms with Crippen LogP contribution in [-0.2, 0) is 13.1 Å². The SMILES string of the molecule is CCC(O)CCNCc1cnn(CC)c1. The molecule has 0 aromatic carbocycles. The van der Waals surface area contributed by atoms with Crippen LogP contribution in [0.2, 0.25) is 0 Å². The van der Waals surface area contributed by atoms with E-state index in [2.05, 4.69) is 17.3 Å². The fourth-order valence-corrected chi connectivity index (χ4v) is 1.38. The number of aromatic nitrogens is 2.